The molecule has 3 unspecified atom stereocenters. The smallest absolute Gasteiger partial charge is 0.0741 e. The van der Waals surface area contributed by atoms with Crippen LogP contribution in [-0.4, -0.2) is 47.8 Å². The Labute approximate surface area is 100 Å². The fourth-order valence-corrected chi connectivity index (χ4v) is 2.30. The van der Waals surface area contributed by atoms with E-state index in [4.69, 9.17) is 0 Å². The number of likely N-dealkylation sites (tertiary alicyclic amines) is 1. The molecule has 0 amide bonds. The zero-order valence-corrected chi connectivity index (χ0v) is 11.3. The Hall–Kier alpha value is -0.120. The second-order valence-corrected chi connectivity index (χ2v) is 5.50. The quantitative estimate of drug-likeness (QED) is 0.748. The van der Waals surface area contributed by atoms with Crippen LogP contribution in [0.4, 0.5) is 0 Å². The number of nitrogens with one attached hydrogen (secondary N) is 1. The lowest BCUT2D eigenvalue weighted by Gasteiger charge is -2.38. The van der Waals surface area contributed by atoms with Crippen molar-refractivity contribution in [2.45, 2.75) is 52.2 Å². The summed E-state index contributed by atoms with van der Waals surface area (Å²) in [6.45, 7) is 12.7. The maximum Gasteiger partial charge on any atom is 0.0741 e. The van der Waals surface area contributed by atoms with Gasteiger partial charge in [0, 0.05) is 19.1 Å². The molecule has 1 aliphatic rings. The van der Waals surface area contributed by atoms with E-state index in [2.05, 4.69) is 24.1 Å². The summed E-state index contributed by atoms with van der Waals surface area (Å²) >= 11 is 0. The number of rotatable bonds is 5. The van der Waals surface area contributed by atoms with Crippen LogP contribution in [0.5, 0.6) is 0 Å². The van der Waals surface area contributed by atoms with Crippen molar-refractivity contribution in [3.8, 4) is 0 Å². The fourth-order valence-electron chi connectivity index (χ4n) is 2.30. The molecule has 2 N–H and O–H groups in total. The molecule has 0 aromatic heterocycles. The Morgan fingerprint density at radius 3 is 2.62 bits per heavy atom. The molecule has 0 aromatic rings. The van der Waals surface area contributed by atoms with Gasteiger partial charge in [0.15, 0.2) is 0 Å². The van der Waals surface area contributed by atoms with Crippen molar-refractivity contribution in [2.75, 3.05) is 26.2 Å². The number of hydrogen-bond acceptors (Lipinski definition) is 3. The highest BCUT2D eigenvalue weighted by Gasteiger charge is 2.27. The molecule has 0 aromatic carbocycles. The minimum atomic E-state index is -0.554. The van der Waals surface area contributed by atoms with Gasteiger partial charge in [0.1, 0.15) is 0 Å². The maximum atomic E-state index is 9.97. The lowest BCUT2D eigenvalue weighted by molar-refractivity contribution is 0.0449. The number of hydrogen-bond donors (Lipinski definition) is 2. The second-order valence-electron chi connectivity index (χ2n) is 5.50. The Morgan fingerprint density at radius 1 is 1.44 bits per heavy atom. The lowest BCUT2D eigenvalue weighted by Crippen LogP contribution is -2.51. The molecule has 3 heteroatoms. The third kappa shape index (κ3) is 4.04. The van der Waals surface area contributed by atoms with Gasteiger partial charge in [-0.25, -0.2) is 0 Å². The molecule has 1 aliphatic heterocycles. The summed E-state index contributed by atoms with van der Waals surface area (Å²) in [6.07, 6.45) is 2.01. The Balaban J connectivity index is 2.33. The van der Waals surface area contributed by atoms with E-state index < -0.39 is 5.60 Å². The summed E-state index contributed by atoms with van der Waals surface area (Å²) in [4.78, 5) is 2.50. The topological polar surface area (TPSA) is 35.5 Å². The van der Waals surface area contributed by atoms with Gasteiger partial charge in [-0.2, -0.15) is 0 Å². The van der Waals surface area contributed by atoms with Gasteiger partial charge in [-0.05, 0) is 38.8 Å². The highest BCUT2D eigenvalue weighted by molar-refractivity contribution is 4.85. The summed E-state index contributed by atoms with van der Waals surface area (Å²) < 4.78 is 0. The van der Waals surface area contributed by atoms with E-state index in [0.29, 0.717) is 18.5 Å². The van der Waals surface area contributed by atoms with Gasteiger partial charge < -0.3 is 15.3 Å². The summed E-state index contributed by atoms with van der Waals surface area (Å²) in [7, 11) is 0. The van der Waals surface area contributed by atoms with Crippen LogP contribution in [0.15, 0.2) is 0 Å². The highest BCUT2D eigenvalue weighted by atomic mass is 16.3. The minimum Gasteiger partial charge on any atom is -0.389 e. The molecule has 3 nitrogen and oxygen atoms in total. The minimum absolute atomic E-state index is 0.554. The number of nitrogens with zero attached hydrogens (tertiary/aromatic N) is 1. The zero-order valence-electron chi connectivity index (χ0n) is 11.3. The first-order valence-corrected chi connectivity index (χ1v) is 6.66. The third-order valence-electron chi connectivity index (χ3n) is 3.94. The predicted octanol–water partition coefficient (Wildman–Crippen LogP) is 1.47. The molecule has 0 saturated carbocycles. The van der Waals surface area contributed by atoms with Crippen molar-refractivity contribution in [3.63, 3.8) is 0 Å². The molecule has 1 saturated heterocycles. The van der Waals surface area contributed by atoms with Gasteiger partial charge in [-0.1, -0.05) is 20.8 Å². The van der Waals surface area contributed by atoms with Crippen LogP contribution in [0.1, 0.15) is 40.5 Å². The summed E-state index contributed by atoms with van der Waals surface area (Å²) in [5.74, 6) is 0.682. The normalized spacial score (nSPS) is 31.3. The van der Waals surface area contributed by atoms with Gasteiger partial charge in [0.05, 0.1) is 5.60 Å². The third-order valence-corrected chi connectivity index (χ3v) is 3.94. The molecule has 0 bridgehead atoms. The molecule has 96 valence electrons. The van der Waals surface area contributed by atoms with Crippen molar-refractivity contribution in [2.24, 2.45) is 5.92 Å². The van der Waals surface area contributed by atoms with E-state index in [-0.39, 0.29) is 0 Å². The van der Waals surface area contributed by atoms with Crippen LogP contribution in [-0.2, 0) is 0 Å². The van der Waals surface area contributed by atoms with Crippen molar-refractivity contribution in [1.29, 1.82) is 0 Å². The lowest BCUT2D eigenvalue weighted by atomic mass is 9.92. The zero-order chi connectivity index (χ0) is 12.2. The van der Waals surface area contributed by atoms with Crippen molar-refractivity contribution >= 4 is 0 Å². The average molecular weight is 228 g/mol. The number of aliphatic hydroxyl groups is 1. The summed E-state index contributed by atoms with van der Waals surface area (Å²) in [5, 5.41) is 13.5. The average Bonchev–Trinajstić information content (AvgIpc) is 2.27. The number of piperidine rings is 1. The first kappa shape index (κ1) is 13.9. The Kier molecular flexibility index (Phi) is 5.22. The molecular formula is C13H28N2O. The molecule has 0 spiro atoms. The van der Waals surface area contributed by atoms with Gasteiger partial charge in [-0.3, -0.25) is 0 Å². The molecular weight excluding hydrogens is 200 g/mol. The molecule has 1 heterocycles. The van der Waals surface area contributed by atoms with E-state index in [0.717, 1.165) is 13.0 Å². The van der Waals surface area contributed by atoms with Crippen LogP contribution >= 0.6 is 0 Å². The monoisotopic (exact) mass is 228 g/mol. The van der Waals surface area contributed by atoms with Crippen LogP contribution in [0, 0.1) is 5.92 Å². The van der Waals surface area contributed by atoms with Crippen LogP contribution in [0.3, 0.4) is 0 Å². The SMILES string of the molecule is CCN1CCC(NCC(C)(O)CC)C(C)C1. The summed E-state index contributed by atoms with van der Waals surface area (Å²) in [6, 6.07) is 0.570. The molecule has 3 atom stereocenters. The standard InChI is InChI=1S/C13H28N2O/c1-5-13(4,16)10-14-12-7-8-15(6-2)9-11(12)3/h11-12,14,16H,5-10H2,1-4H3. The second kappa shape index (κ2) is 5.99. The summed E-state index contributed by atoms with van der Waals surface area (Å²) in [5.41, 5.74) is -0.554. The molecule has 16 heavy (non-hydrogen) atoms. The van der Waals surface area contributed by atoms with Crippen molar-refractivity contribution < 1.29 is 5.11 Å². The van der Waals surface area contributed by atoms with E-state index in [1.165, 1.54) is 19.5 Å². The van der Waals surface area contributed by atoms with Gasteiger partial charge in [0.25, 0.3) is 0 Å². The predicted molar refractivity (Wildman–Crippen MR) is 68.6 cm³/mol. The molecule has 0 aliphatic carbocycles. The molecule has 1 rings (SSSR count). The van der Waals surface area contributed by atoms with Crippen LogP contribution in [0.25, 0.3) is 0 Å². The van der Waals surface area contributed by atoms with Gasteiger partial charge in [-0.15, -0.1) is 0 Å². The Bertz CT molecular complexity index is 206. The highest BCUT2D eigenvalue weighted by Crippen LogP contribution is 2.17. The largest absolute Gasteiger partial charge is 0.389 e. The van der Waals surface area contributed by atoms with Gasteiger partial charge >= 0.3 is 0 Å². The van der Waals surface area contributed by atoms with E-state index >= 15 is 0 Å². The van der Waals surface area contributed by atoms with E-state index in [1.54, 1.807) is 0 Å². The van der Waals surface area contributed by atoms with Gasteiger partial charge in [0.2, 0.25) is 0 Å². The van der Waals surface area contributed by atoms with E-state index in [9.17, 15) is 5.11 Å². The first-order chi connectivity index (χ1) is 7.48. The van der Waals surface area contributed by atoms with Crippen molar-refractivity contribution in [3.05, 3.63) is 0 Å². The first-order valence-electron chi connectivity index (χ1n) is 6.66. The van der Waals surface area contributed by atoms with Crippen molar-refractivity contribution in [1.82, 2.24) is 10.2 Å². The Morgan fingerprint density at radius 2 is 2.12 bits per heavy atom. The molecule has 0 radical (unpaired) electrons. The van der Waals surface area contributed by atoms with E-state index in [1.807, 2.05) is 13.8 Å². The molecule has 1 fully saturated rings. The van der Waals surface area contributed by atoms with Crippen LogP contribution in [0.2, 0.25) is 0 Å². The van der Waals surface area contributed by atoms with Crippen LogP contribution < -0.4 is 5.32 Å². The fraction of sp³-hybridized carbons (Fsp3) is 1.00. The maximum absolute atomic E-state index is 9.97.